The van der Waals surface area contributed by atoms with E-state index in [1.165, 1.54) is 12.1 Å². The maximum atomic E-state index is 12.5. The van der Waals surface area contributed by atoms with Gasteiger partial charge in [0.1, 0.15) is 0 Å². The molecular weight excluding hydrogens is 259 g/mol. The summed E-state index contributed by atoms with van der Waals surface area (Å²) in [5.74, 6) is 0.187. The molecule has 0 unspecified atom stereocenters. The molecule has 1 heterocycles. The van der Waals surface area contributed by atoms with Gasteiger partial charge in [0.05, 0.1) is 10.6 Å². The van der Waals surface area contributed by atoms with E-state index in [1.54, 1.807) is 19.1 Å². The highest BCUT2D eigenvalue weighted by Gasteiger charge is 2.15. The Labute approximate surface area is 106 Å². The summed E-state index contributed by atoms with van der Waals surface area (Å²) in [6, 6.07) is 5.86. The monoisotopic (exact) mass is 268 g/mol. The van der Waals surface area contributed by atoms with Crippen LogP contribution in [0.2, 0.25) is 0 Å². The first-order valence-electron chi connectivity index (χ1n) is 4.93. The smallest absolute Gasteiger partial charge is 0.269 e. The number of anilines is 1. The van der Waals surface area contributed by atoms with Crippen LogP contribution in [0.25, 0.3) is 11.1 Å². The highest BCUT2D eigenvalue weighted by molar-refractivity contribution is 7.92. The zero-order valence-corrected chi connectivity index (χ0v) is 10.1. The number of benzene rings is 1. The molecule has 0 spiro atoms. The zero-order valence-electron chi connectivity index (χ0n) is 9.33. The molecule has 0 saturated carbocycles. The van der Waals surface area contributed by atoms with Crippen LogP contribution in [0.1, 0.15) is 5.69 Å². The van der Waals surface area contributed by atoms with E-state index in [9.17, 15) is 14.0 Å². The summed E-state index contributed by atoms with van der Waals surface area (Å²) in [5.41, 5.74) is 7.48. The Hall–Kier alpha value is -2.09. The van der Waals surface area contributed by atoms with E-state index in [0.717, 1.165) is 4.09 Å². The maximum Gasteiger partial charge on any atom is 0.269 e. The number of nitrogen functional groups attached to an aromatic ring is 1. The predicted molar refractivity (Wildman–Crippen MR) is 67.6 cm³/mol. The second-order valence-corrected chi connectivity index (χ2v) is 4.08. The lowest BCUT2D eigenvalue weighted by Crippen LogP contribution is -1.90. The number of nitrogens with two attached hydrogens (primary N) is 1. The van der Waals surface area contributed by atoms with Crippen LogP contribution in [0.3, 0.4) is 0 Å². The molecule has 0 saturated heterocycles. The Balaban J connectivity index is 2.49. The number of halogens is 1. The first-order chi connectivity index (χ1) is 8.54. The number of rotatable bonds is 3. The number of nitrogens with zero attached hydrogens (tertiary/aromatic N) is 3. The van der Waals surface area contributed by atoms with E-state index < -0.39 is 4.92 Å². The van der Waals surface area contributed by atoms with Crippen molar-refractivity contribution in [1.29, 1.82) is 0 Å². The Morgan fingerprint density at radius 3 is 2.50 bits per heavy atom. The summed E-state index contributed by atoms with van der Waals surface area (Å²) in [7, 11) is 0. The quantitative estimate of drug-likeness (QED) is 0.683. The number of non-ortho nitro benzene ring substituents is 1. The largest absolute Gasteiger partial charge is 0.382 e. The van der Waals surface area contributed by atoms with Crippen molar-refractivity contribution >= 4 is 23.8 Å². The second-order valence-electron chi connectivity index (χ2n) is 3.59. The van der Waals surface area contributed by atoms with Gasteiger partial charge in [0.25, 0.3) is 5.69 Å². The fourth-order valence-corrected chi connectivity index (χ4v) is 1.99. The van der Waals surface area contributed by atoms with Gasteiger partial charge in [-0.15, -0.1) is 8.98 Å². The third-order valence-electron chi connectivity index (χ3n) is 2.54. The minimum absolute atomic E-state index is 0.0118. The Morgan fingerprint density at radius 2 is 2.06 bits per heavy atom. The Bertz CT molecular complexity index is 597. The Kier molecular flexibility index (Phi) is 3.19. The van der Waals surface area contributed by atoms with Gasteiger partial charge in [0.15, 0.2) is 18.2 Å². The normalized spacial score (nSPS) is 10.6. The lowest BCUT2D eigenvalue weighted by molar-refractivity contribution is -0.384. The summed E-state index contributed by atoms with van der Waals surface area (Å²) in [6.07, 6.45) is 0. The minimum atomic E-state index is -0.485. The van der Waals surface area contributed by atoms with Crippen molar-refractivity contribution in [2.24, 2.45) is 0 Å². The molecule has 0 fully saturated rings. The van der Waals surface area contributed by atoms with Gasteiger partial charge in [-0.05, 0) is 24.6 Å². The summed E-state index contributed by atoms with van der Waals surface area (Å²) in [4.78, 5) is 10.1. The highest BCUT2D eigenvalue weighted by Crippen LogP contribution is 2.32. The van der Waals surface area contributed by atoms with E-state index in [-0.39, 0.29) is 23.8 Å². The molecule has 0 atom stereocenters. The SMILES string of the molecule is Cc1c(-c2ccc([N+](=O)[O-])cc2)c(N)nn1SF. The molecule has 2 rings (SSSR count). The van der Waals surface area contributed by atoms with Gasteiger partial charge in [0.2, 0.25) is 0 Å². The molecule has 18 heavy (non-hydrogen) atoms. The minimum Gasteiger partial charge on any atom is -0.382 e. The van der Waals surface area contributed by atoms with Crippen molar-refractivity contribution in [3.8, 4) is 11.1 Å². The summed E-state index contributed by atoms with van der Waals surface area (Å²) in [5, 5.41) is 14.4. The van der Waals surface area contributed by atoms with Gasteiger partial charge >= 0.3 is 0 Å². The molecule has 6 nitrogen and oxygen atoms in total. The topological polar surface area (TPSA) is 87.0 Å². The van der Waals surface area contributed by atoms with Crippen LogP contribution in [0.4, 0.5) is 15.4 Å². The van der Waals surface area contributed by atoms with E-state index in [0.29, 0.717) is 16.8 Å². The molecule has 8 heteroatoms. The lowest BCUT2D eigenvalue weighted by atomic mass is 10.1. The highest BCUT2D eigenvalue weighted by atomic mass is 32.2. The molecule has 0 aliphatic heterocycles. The van der Waals surface area contributed by atoms with Gasteiger partial charge in [0, 0.05) is 17.7 Å². The van der Waals surface area contributed by atoms with Gasteiger partial charge in [-0.1, -0.05) is 0 Å². The number of hydrogen-bond donors (Lipinski definition) is 1. The summed E-state index contributed by atoms with van der Waals surface area (Å²) in [6.45, 7) is 1.67. The van der Waals surface area contributed by atoms with E-state index in [2.05, 4.69) is 5.10 Å². The molecule has 1 aromatic carbocycles. The van der Waals surface area contributed by atoms with Crippen molar-refractivity contribution in [3.63, 3.8) is 0 Å². The van der Waals surface area contributed by atoms with Crippen LogP contribution in [0.5, 0.6) is 0 Å². The zero-order chi connectivity index (χ0) is 13.3. The molecule has 1 aromatic heterocycles. The van der Waals surface area contributed by atoms with Crippen LogP contribution in [-0.2, 0) is 0 Å². The predicted octanol–water partition coefficient (Wildman–Crippen LogP) is 2.73. The molecule has 0 bridgehead atoms. The van der Waals surface area contributed by atoms with E-state index in [1.807, 2.05) is 0 Å². The van der Waals surface area contributed by atoms with Crippen LogP contribution in [-0.4, -0.2) is 14.1 Å². The summed E-state index contributed by atoms with van der Waals surface area (Å²) < 4.78 is 13.6. The van der Waals surface area contributed by atoms with E-state index >= 15 is 0 Å². The number of aromatic nitrogens is 2. The third-order valence-corrected chi connectivity index (χ3v) is 3.02. The van der Waals surface area contributed by atoms with Crippen LogP contribution >= 0.6 is 12.3 Å². The van der Waals surface area contributed by atoms with Gasteiger partial charge < -0.3 is 5.73 Å². The average Bonchev–Trinajstić information content (AvgIpc) is 2.64. The third kappa shape index (κ3) is 2.02. The van der Waals surface area contributed by atoms with Gasteiger partial charge in [-0.3, -0.25) is 10.1 Å². The van der Waals surface area contributed by atoms with Crippen molar-refractivity contribution in [3.05, 3.63) is 40.1 Å². The van der Waals surface area contributed by atoms with Gasteiger partial charge in [-0.25, -0.2) is 0 Å². The van der Waals surface area contributed by atoms with Crippen molar-refractivity contribution in [2.45, 2.75) is 6.92 Å². The molecule has 0 amide bonds. The van der Waals surface area contributed by atoms with Crippen molar-refractivity contribution < 1.29 is 8.81 Å². The van der Waals surface area contributed by atoms with E-state index in [4.69, 9.17) is 5.73 Å². The molecule has 0 aliphatic carbocycles. The number of hydrogen-bond acceptors (Lipinski definition) is 5. The van der Waals surface area contributed by atoms with Crippen LogP contribution < -0.4 is 5.73 Å². The lowest BCUT2D eigenvalue weighted by Gasteiger charge is -2.01. The van der Waals surface area contributed by atoms with Crippen LogP contribution in [0, 0.1) is 17.0 Å². The van der Waals surface area contributed by atoms with Crippen molar-refractivity contribution in [1.82, 2.24) is 9.19 Å². The van der Waals surface area contributed by atoms with Gasteiger partial charge in [-0.2, -0.15) is 4.09 Å². The summed E-state index contributed by atoms with van der Waals surface area (Å²) >= 11 is -0.0495. The number of nitro benzene ring substituents is 1. The van der Waals surface area contributed by atoms with Crippen LogP contribution in [0.15, 0.2) is 24.3 Å². The second kappa shape index (κ2) is 4.65. The fraction of sp³-hybridized carbons (Fsp3) is 0.100. The molecule has 0 aliphatic rings. The molecule has 94 valence electrons. The first kappa shape index (κ1) is 12.4. The van der Waals surface area contributed by atoms with Crippen molar-refractivity contribution in [2.75, 3.05) is 5.73 Å². The maximum absolute atomic E-state index is 12.5. The molecule has 2 N–H and O–H groups in total. The first-order valence-corrected chi connectivity index (χ1v) is 5.61. The average molecular weight is 268 g/mol. The fourth-order valence-electron chi connectivity index (χ4n) is 1.68. The Morgan fingerprint density at radius 1 is 1.44 bits per heavy atom. The molecular formula is C10H9FN4O2S. The number of nitro groups is 1. The standard InChI is InChI=1S/C10H9FN4O2S/c1-6-9(10(12)13-14(6)18-11)7-2-4-8(5-3-7)15(16)17/h2-5H,1H3,(H2,12,13). The molecule has 0 radical (unpaired) electrons. The molecule has 2 aromatic rings.